The molecular formula is C16H24N2O3S. The van der Waals surface area contributed by atoms with Gasteiger partial charge < -0.3 is 15.3 Å². The van der Waals surface area contributed by atoms with Crippen LogP contribution in [0.5, 0.6) is 0 Å². The first-order valence-corrected chi connectivity index (χ1v) is 8.69. The van der Waals surface area contributed by atoms with Crippen molar-refractivity contribution < 1.29 is 14.7 Å². The third kappa shape index (κ3) is 4.30. The minimum atomic E-state index is -0.0584. The number of aliphatic hydroxyl groups excluding tert-OH is 1. The number of carbonyl (C=O) groups excluding carboxylic acids is 2. The Hall–Kier alpha value is -1.40. The Morgan fingerprint density at radius 3 is 2.73 bits per heavy atom. The minimum absolute atomic E-state index is 0.0366. The second-order valence-corrected chi connectivity index (χ2v) is 6.81. The van der Waals surface area contributed by atoms with Crippen molar-refractivity contribution >= 4 is 28.2 Å². The lowest BCUT2D eigenvalue weighted by Gasteiger charge is -2.21. The molecule has 6 heteroatoms. The lowest BCUT2D eigenvalue weighted by molar-refractivity contribution is -0.117. The van der Waals surface area contributed by atoms with Gasteiger partial charge in [-0.05, 0) is 37.8 Å². The second-order valence-electron chi connectivity index (χ2n) is 5.76. The summed E-state index contributed by atoms with van der Waals surface area (Å²) in [7, 11) is 0. The largest absolute Gasteiger partial charge is 0.395 e. The average molecular weight is 324 g/mol. The van der Waals surface area contributed by atoms with Crippen LogP contribution in [0.25, 0.3) is 0 Å². The zero-order valence-electron chi connectivity index (χ0n) is 13.2. The van der Waals surface area contributed by atoms with E-state index in [4.69, 9.17) is 5.11 Å². The second kappa shape index (κ2) is 7.74. The van der Waals surface area contributed by atoms with E-state index in [1.807, 2.05) is 13.0 Å². The molecule has 0 saturated heterocycles. The average Bonchev–Trinajstić information content (AvgIpc) is 3.27. The fraction of sp³-hybridized carbons (Fsp3) is 0.625. The molecule has 2 N–H and O–H groups in total. The highest BCUT2D eigenvalue weighted by Crippen LogP contribution is 2.33. The highest BCUT2D eigenvalue weighted by molar-refractivity contribution is 7.18. The van der Waals surface area contributed by atoms with Crippen molar-refractivity contribution in [2.45, 2.75) is 39.5 Å². The predicted molar refractivity (Wildman–Crippen MR) is 88.3 cm³/mol. The number of carbonyl (C=O) groups is 2. The number of rotatable bonds is 8. The Balaban J connectivity index is 2.06. The van der Waals surface area contributed by atoms with E-state index in [0.29, 0.717) is 18.0 Å². The van der Waals surface area contributed by atoms with Crippen LogP contribution >= 0.6 is 11.3 Å². The van der Waals surface area contributed by atoms with E-state index in [-0.39, 0.29) is 24.3 Å². The Morgan fingerprint density at radius 2 is 2.14 bits per heavy atom. The third-order valence-corrected chi connectivity index (χ3v) is 4.89. The molecule has 0 atom stereocenters. The molecule has 122 valence electrons. The van der Waals surface area contributed by atoms with Gasteiger partial charge in [-0.25, -0.2) is 0 Å². The molecule has 1 aliphatic carbocycles. The number of aliphatic hydroxyl groups is 1. The molecule has 0 radical (unpaired) electrons. The zero-order valence-corrected chi connectivity index (χ0v) is 14.0. The maximum absolute atomic E-state index is 12.6. The number of thiophene rings is 1. The number of amides is 2. The highest BCUT2D eigenvalue weighted by atomic mass is 32.1. The van der Waals surface area contributed by atoms with E-state index >= 15 is 0 Å². The summed E-state index contributed by atoms with van der Waals surface area (Å²) in [4.78, 5) is 26.8. The quantitative estimate of drug-likeness (QED) is 0.772. The van der Waals surface area contributed by atoms with Crippen molar-refractivity contribution in [2.24, 2.45) is 5.92 Å². The summed E-state index contributed by atoms with van der Waals surface area (Å²) in [5, 5.41) is 12.8. The summed E-state index contributed by atoms with van der Waals surface area (Å²) in [6.45, 7) is 4.92. The fourth-order valence-electron chi connectivity index (χ4n) is 2.25. The van der Waals surface area contributed by atoms with Crippen molar-refractivity contribution in [2.75, 3.05) is 25.0 Å². The number of nitrogens with one attached hydrogen (secondary N) is 1. The summed E-state index contributed by atoms with van der Waals surface area (Å²) in [6, 6.07) is 1.86. The van der Waals surface area contributed by atoms with E-state index in [1.54, 1.807) is 4.90 Å². The Morgan fingerprint density at radius 1 is 1.41 bits per heavy atom. The van der Waals surface area contributed by atoms with Gasteiger partial charge in [0.25, 0.3) is 5.91 Å². The number of hydrogen-bond donors (Lipinski definition) is 2. The lowest BCUT2D eigenvalue weighted by Crippen LogP contribution is -2.34. The normalized spacial score (nSPS) is 14.0. The molecule has 22 heavy (non-hydrogen) atoms. The van der Waals surface area contributed by atoms with Crippen LogP contribution in [0.4, 0.5) is 5.00 Å². The molecule has 1 aliphatic rings. The summed E-state index contributed by atoms with van der Waals surface area (Å²) in [5.41, 5.74) is 0.875. The minimum Gasteiger partial charge on any atom is -0.395 e. The van der Waals surface area contributed by atoms with Crippen LogP contribution in [0.1, 0.15) is 47.8 Å². The van der Waals surface area contributed by atoms with Gasteiger partial charge in [-0.3, -0.25) is 9.59 Å². The van der Waals surface area contributed by atoms with Gasteiger partial charge >= 0.3 is 0 Å². The molecule has 0 aliphatic heterocycles. The Bertz CT molecular complexity index is 537. The van der Waals surface area contributed by atoms with Crippen LogP contribution in [-0.4, -0.2) is 41.5 Å². The van der Waals surface area contributed by atoms with Crippen molar-refractivity contribution in [3.8, 4) is 0 Å². The van der Waals surface area contributed by atoms with Crippen LogP contribution < -0.4 is 5.32 Å². The van der Waals surface area contributed by atoms with Crippen LogP contribution in [-0.2, 0) is 4.79 Å². The number of hydrogen-bond acceptors (Lipinski definition) is 4. The molecule has 5 nitrogen and oxygen atoms in total. The number of anilines is 1. The van der Waals surface area contributed by atoms with E-state index in [9.17, 15) is 9.59 Å². The van der Waals surface area contributed by atoms with Gasteiger partial charge in [0, 0.05) is 19.0 Å². The van der Waals surface area contributed by atoms with Crippen molar-refractivity contribution in [3.63, 3.8) is 0 Å². The highest BCUT2D eigenvalue weighted by Gasteiger charge is 2.30. The van der Waals surface area contributed by atoms with Crippen molar-refractivity contribution in [3.05, 3.63) is 16.5 Å². The molecule has 1 fully saturated rings. The first kappa shape index (κ1) is 17.0. The van der Waals surface area contributed by atoms with E-state index in [2.05, 4.69) is 12.2 Å². The molecule has 2 rings (SSSR count). The van der Waals surface area contributed by atoms with Gasteiger partial charge in [0.15, 0.2) is 0 Å². The van der Waals surface area contributed by atoms with Crippen LogP contribution in [0, 0.1) is 12.8 Å². The number of unbranched alkanes of at least 4 members (excludes halogenated alkanes) is 1. The molecule has 0 bridgehead atoms. The van der Waals surface area contributed by atoms with Gasteiger partial charge in [-0.1, -0.05) is 13.3 Å². The number of nitrogens with zero attached hydrogens (tertiary/aromatic N) is 1. The van der Waals surface area contributed by atoms with Gasteiger partial charge in [0.05, 0.1) is 16.5 Å². The summed E-state index contributed by atoms with van der Waals surface area (Å²) >= 11 is 1.32. The van der Waals surface area contributed by atoms with Gasteiger partial charge in [0.2, 0.25) is 5.91 Å². The SMILES string of the molecule is CCCCN(CCO)C(=O)c1sc(NC(=O)C2CC2)cc1C. The van der Waals surface area contributed by atoms with Gasteiger partial charge in [-0.2, -0.15) is 0 Å². The fourth-order valence-corrected chi connectivity index (χ4v) is 3.30. The van der Waals surface area contributed by atoms with E-state index in [1.165, 1.54) is 11.3 Å². The molecule has 0 spiro atoms. The van der Waals surface area contributed by atoms with Crippen molar-refractivity contribution in [1.29, 1.82) is 0 Å². The molecule has 2 amide bonds. The van der Waals surface area contributed by atoms with Crippen molar-refractivity contribution in [1.82, 2.24) is 4.90 Å². The molecule has 1 aromatic rings. The molecule has 1 aromatic heterocycles. The topological polar surface area (TPSA) is 69.6 Å². The molecule has 0 aromatic carbocycles. The predicted octanol–water partition coefficient (Wildman–Crippen LogP) is 2.64. The standard InChI is InChI=1S/C16H24N2O3S/c1-3-4-7-18(8-9-19)16(21)14-11(2)10-13(22-14)17-15(20)12-5-6-12/h10,12,19H,3-9H2,1-2H3,(H,17,20). The lowest BCUT2D eigenvalue weighted by atomic mass is 10.2. The molecule has 0 unspecified atom stereocenters. The third-order valence-electron chi connectivity index (χ3n) is 3.75. The molecule has 1 saturated carbocycles. The van der Waals surface area contributed by atoms with E-state index in [0.717, 1.165) is 36.2 Å². The van der Waals surface area contributed by atoms with Crippen LogP contribution in [0.2, 0.25) is 0 Å². The van der Waals surface area contributed by atoms with Crippen LogP contribution in [0.3, 0.4) is 0 Å². The first-order valence-electron chi connectivity index (χ1n) is 7.88. The summed E-state index contributed by atoms with van der Waals surface area (Å²) in [6.07, 6.45) is 3.84. The maximum Gasteiger partial charge on any atom is 0.264 e. The monoisotopic (exact) mass is 324 g/mol. The van der Waals surface area contributed by atoms with Gasteiger partial charge in [0.1, 0.15) is 0 Å². The summed E-state index contributed by atoms with van der Waals surface area (Å²) < 4.78 is 0. The van der Waals surface area contributed by atoms with E-state index < -0.39 is 0 Å². The number of aryl methyl sites for hydroxylation is 1. The first-order chi connectivity index (χ1) is 10.6. The van der Waals surface area contributed by atoms with Crippen LogP contribution in [0.15, 0.2) is 6.07 Å². The maximum atomic E-state index is 12.6. The smallest absolute Gasteiger partial charge is 0.264 e. The zero-order chi connectivity index (χ0) is 16.1. The molecule has 1 heterocycles. The van der Waals surface area contributed by atoms with Gasteiger partial charge in [-0.15, -0.1) is 11.3 Å². The Kier molecular flexibility index (Phi) is 5.97. The summed E-state index contributed by atoms with van der Waals surface area (Å²) in [5.74, 6) is 0.146. The molecular weight excluding hydrogens is 300 g/mol. The Labute approximate surface area is 135 Å².